The second kappa shape index (κ2) is 9.05. The number of aliphatic hydroxyl groups excluding tert-OH is 1. The predicted octanol–water partition coefficient (Wildman–Crippen LogP) is 5.62. The smallest absolute Gasteiger partial charge is 0.402 e. The summed E-state index contributed by atoms with van der Waals surface area (Å²) in [4.78, 5) is 4.16. The molecule has 0 radical (unpaired) electrons. The van der Waals surface area contributed by atoms with E-state index in [0.29, 0.717) is 55.9 Å². The summed E-state index contributed by atoms with van der Waals surface area (Å²) >= 11 is 0. The third-order valence-electron chi connectivity index (χ3n) is 7.37. The van der Waals surface area contributed by atoms with Crippen LogP contribution in [-0.2, 0) is 15.7 Å². The molecule has 3 N–H and O–H groups in total. The second-order valence-corrected chi connectivity index (χ2v) is 11.1. The van der Waals surface area contributed by atoms with E-state index in [9.17, 15) is 18.3 Å². The summed E-state index contributed by atoms with van der Waals surface area (Å²) in [5, 5.41) is 11.4. The molecule has 35 heavy (non-hydrogen) atoms. The lowest BCUT2D eigenvalue weighted by atomic mass is 9.67. The fourth-order valence-electron chi connectivity index (χ4n) is 5.67. The number of ether oxygens (including phenoxy) is 2. The summed E-state index contributed by atoms with van der Waals surface area (Å²) in [5.74, 6) is -0.0541. The van der Waals surface area contributed by atoms with E-state index in [4.69, 9.17) is 15.2 Å². The Hall–Kier alpha value is -2.16. The topological polar surface area (TPSA) is 77.6 Å². The van der Waals surface area contributed by atoms with Gasteiger partial charge in [0.15, 0.2) is 0 Å². The maximum Gasteiger partial charge on any atom is 0.417 e. The standard InChI is InChI=1S/C27H35F3N2O3/c1-15(2)23(31)21-22(20-16(3)12-25(4,5)13-19(20)33)26(8-10-34-11-9-26)35-24(21)18-7-6-17(14-32-18)27(28,29)30/h6-7,14-15,19,24,33H,3,8-13,31H2,1-2,4-5H3/b22-20?,23-21+/t19-,24?/m0/s1. The highest BCUT2D eigenvalue weighted by atomic mass is 19.4. The zero-order valence-electron chi connectivity index (χ0n) is 20.8. The maximum atomic E-state index is 13.2. The van der Waals surface area contributed by atoms with Crippen molar-refractivity contribution >= 4 is 0 Å². The van der Waals surface area contributed by atoms with Crippen LogP contribution in [0.15, 0.2) is 52.9 Å². The van der Waals surface area contributed by atoms with Crippen LogP contribution in [0.25, 0.3) is 0 Å². The molecule has 5 nitrogen and oxygen atoms in total. The van der Waals surface area contributed by atoms with Crippen molar-refractivity contribution in [2.45, 2.75) is 77.4 Å². The van der Waals surface area contributed by atoms with Crippen LogP contribution in [0, 0.1) is 11.3 Å². The van der Waals surface area contributed by atoms with Gasteiger partial charge in [-0.25, -0.2) is 0 Å². The van der Waals surface area contributed by atoms with Gasteiger partial charge < -0.3 is 20.3 Å². The molecule has 4 rings (SSSR count). The number of hydrogen-bond donors (Lipinski definition) is 2. The van der Waals surface area contributed by atoms with Crippen molar-refractivity contribution in [2.75, 3.05) is 13.2 Å². The first-order chi connectivity index (χ1) is 16.3. The van der Waals surface area contributed by atoms with E-state index in [1.165, 1.54) is 6.07 Å². The van der Waals surface area contributed by atoms with Gasteiger partial charge in [0.05, 0.1) is 23.0 Å². The fourth-order valence-corrected chi connectivity index (χ4v) is 5.67. The van der Waals surface area contributed by atoms with Gasteiger partial charge in [0.1, 0.15) is 6.10 Å². The van der Waals surface area contributed by atoms with Gasteiger partial charge in [0.2, 0.25) is 0 Å². The van der Waals surface area contributed by atoms with Gasteiger partial charge in [-0.05, 0) is 53.0 Å². The summed E-state index contributed by atoms with van der Waals surface area (Å²) in [6, 6.07) is 2.38. The van der Waals surface area contributed by atoms with E-state index < -0.39 is 29.5 Å². The Balaban J connectivity index is 1.94. The Kier molecular flexibility index (Phi) is 6.70. The molecule has 1 aliphatic carbocycles. The highest BCUT2D eigenvalue weighted by Gasteiger charge is 2.53. The molecular weight excluding hydrogens is 457 g/mol. The van der Waals surface area contributed by atoms with Gasteiger partial charge in [-0.1, -0.05) is 34.3 Å². The Bertz CT molecular complexity index is 1050. The minimum Gasteiger partial charge on any atom is -0.402 e. The number of allylic oxidation sites excluding steroid dienone is 1. The molecule has 2 saturated heterocycles. The van der Waals surface area contributed by atoms with Crippen LogP contribution in [0.4, 0.5) is 13.2 Å². The van der Waals surface area contributed by atoms with Crippen molar-refractivity contribution in [3.8, 4) is 0 Å². The zero-order chi connectivity index (χ0) is 25.8. The van der Waals surface area contributed by atoms with Crippen LogP contribution >= 0.6 is 0 Å². The molecule has 8 heteroatoms. The van der Waals surface area contributed by atoms with E-state index in [-0.39, 0.29) is 11.3 Å². The van der Waals surface area contributed by atoms with Gasteiger partial charge in [-0.2, -0.15) is 13.2 Å². The number of rotatable bonds is 2. The first kappa shape index (κ1) is 25.9. The molecule has 0 aromatic carbocycles. The normalized spacial score (nSPS) is 30.3. The summed E-state index contributed by atoms with van der Waals surface area (Å²) in [6.07, 6.45) is -2.79. The van der Waals surface area contributed by atoms with Crippen LogP contribution in [0.1, 0.15) is 70.7 Å². The molecule has 1 aromatic heterocycles. The van der Waals surface area contributed by atoms with Crippen molar-refractivity contribution < 1.29 is 27.8 Å². The molecule has 3 heterocycles. The van der Waals surface area contributed by atoms with Gasteiger partial charge in [0, 0.05) is 43.5 Å². The molecule has 0 amide bonds. The SMILES string of the molecule is C=C1CC(C)(C)C[C@H](O)C1=C1/C(=C(\N)C(C)C)C(c2ccc(C(F)(F)F)cn2)OC12CCOCC2. The third-order valence-corrected chi connectivity index (χ3v) is 7.37. The Morgan fingerprint density at radius 1 is 1.23 bits per heavy atom. The van der Waals surface area contributed by atoms with Crippen molar-refractivity contribution in [3.05, 3.63) is 64.2 Å². The average Bonchev–Trinajstić information content (AvgIpc) is 3.05. The predicted molar refractivity (Wildman–Crippen MR) is 127 cm³/mol. The first-order valence-corrected chi connectivity index (χ1v) is 12.2. The number of halogens is 3. The van der Waals surface area contributed by atoms with Crippen LogP contribution in [0.2, 0.25) is 0 Å². The monoisotopic (exact) mass is 492 g/mol. The van der Waals surface area contributed by atoms with Crippen LogP contribution < -0.4 is 5.73 Å². The zero-order valence-corrected chi connectivity index (χ0v) is 20.8. The molecule has 3 aliphatic rings. The number of hydrogen-bond acceptors (Lipinski definition) is 5. The number of alkyl halides is 3. The Morgan fingerprint density at radius 3 is 2.40 bits per heavy atom. The first-order valence-electron chi connectivity index (χ1n) is 12.2. The van der Waals surface area contributed by atoms with Crippen LogP contribution in [0.5, 0.6) is 0 Å². The molecule has 3 fully saturated rings. The van der Waals surface area contributed by atoms with E-state index in [2.05, 4.69) is 25.4 Å². The quantitative estimate of drug-likeness (QED) is 0.560. The molecule has 192 valence electrons. The Labute approximate surface area is 204 Å². The molecule has 1 spiro atoms. The molecule has 1 saturated carbocycles. The van der Waals surface area contributed by atoms with Crippen LogP contribution in [-0.4, -0.2) is 35.0 Å². The van der Waals surface area contributed by atoms with Crippen molar-refractivity contribution in [1.82, 2.24) is 4.98 Å². The summed E-state index contributed by atoms with van der Waals surface area (Å²) < 4.78 is 51.9. The number of pyridine rings is 1. The third kappa shape index (κ3) is 4.80. The minimum absolute atomic E-state index is 0.0541. The number of nitrogens with two attached hydrogens (primary N) is 1. The fraction of sp³-hybridized carbons (Fsp3) is 0.593. The highest BCUT2D eigenvalue weighted by molar-refractivity contribution is 5.58. The van der Waals surface area contributed by atoms with Crippen molar-refractivity contribution in [2.24, 2.45) is 17.1 Å². The Morgan fingerprint density at radius 2 is 1.89 bits per heavy atom. The molecule has 1 unspecified atom stereocenters. The highest BCUT2D eigenvalue weighted by Crippen LogP contribution is 2.57. The van der Waals surface area contributed by atoms with E-state index in [1.807, 2.05) is 13.8 Å². The summed E-state index contributed by atoms with van der Waals surface area (Å²) in [7, 11) is 0. The molecule has 0 bridgehead atoms. The average molecular weight is 493 g/mol. The lowest BCUT2D eigenvalue weighted by molar-refractivity contribution is -0.137. The van der Waals surface area contributed by atoms with E-state index in [0.717, 1.165) is 29.0 Å². The molecule has 1 aromatic rings. The van der Waals surface area contributed by atoms with Crippen molar-refractivity contribution in [3.63, 3.8) is 0 Å². The maximum absolute atomic E-state index is 13.2. The molecule has 2 aliphatic heterocycles. The van der Waals surface area contributed by atoms with E-state index >= 15 is 0 Å². The number of nitrogens with zero attached hydrogens (tertiary/aromatic N) is 1. The lowest BCUT2D eigenvalue weighted by Crippen LogP contribution is -2.40. The second-order valence-electron chi connectivity index (χ2n) is 11.1. The van der Waals surface area contributed by atoms with Crippen LogP contribution in [0.3, 0.4) is 0 Å². The van der Waals surface area contributed by atoms with Crippen molar-refractivity contribution in [1.29, 1.82) is 0 Å². The van der Waals surface area contributed by atoms with Gasteiger partial charge in [-0.3, -0.25) is 4.98 Å². The van der Waals surface area contributed by atoms with Gasteiger partial charge in [0.25, 0.3) is 0 Å². The molecule has 2 atom stereocenters. The lowest BCUT2D eigenvalue weighted by Gasteiger charge is -2.41. The summed E-state index contributed by atoms with van der Waals surface area (Å²) in [5.41, 5.74) is 9.03. The number of aromatic nitrogens is 1. The molecular formula is C27H35F3N2O3. The van der Waals surface area contributed by atoms with Gasteiger partial charge in [-0.15, -0.1) is 0 Å². The van der Waals surface area contributed by atoms with E-state index in [1.54, 1.807) is 0 Å². The minimum atomic E-state index is -4.48. The number of aliphatic hydroxyl groups is 1. The van der Waals surface area contributed by atoms with Gasteiger partial charge >= 0.3 is 6.18 Å². The summed E-state index contributed by atoms with van der Waals surface area (Å²) in [6.45, 7) is 13.4. The largest absolute Gasteiger partial charge is 0.417 e.